The summed E-state index contributed by atoms with van der Waals surface area (Å²) in [6.45, 7) is 0. The summed E-state index contributed by atoms with van der Waals surface area (Å²) in [7, 11) is 4.52. The van der Waals surface area contributed by atoms with Crippen molar-refractivity contribution in [1.29, 1.82) is 0 Å². The van der Waals surface area contributed by atoms with E-state index in [0.717, 1.165) is 3.57 Å². The molecular weight excluding hydrogens is 397 g/mol. The van der Waals surface area contributed by atoms with E-state index in [2.05, 4.69) is 27.9 Å². The minimum Gasteiger partial charge on any atom is -0.493 e. The van der Waals surface area contributed by atoms with Crippen molar-refractivity contribution in [2.75, 3.05) is 26.6 Å². The first kappa shape index (κ1) is 16.4. The second-order valence-electron chi connectivity index (χ2n) is 4.35. The van der Waals surface area contributed by atoms with Gasteiger partial charge in [0, 0.05) is 9.26 Å². The fourth-order valence-electron chi connectivity index (χ4n) is 2.04. The number of methoxy groups -OCH3 is 3. The highest BCUT2D eigenvalue weighted by Crippen LogP contribution is 2.39. The topological polar surface area (TPSA) is 56.8 Å². The van der Waals surface area contributed by atoms with Gasteiger partial charge >= 0.3 is 0 Å². The fraction of sp³-hybridized carbons (Fsp3) is 0.188. The molecule has 116 valence electrons. The molecule has 2 aromatic carbocycles. The molecule has 0 unspecified atom stereocenters. The molecule has 0 saturated carbocycles. The number of benzene rings is 2. The van der Waals surface area contributed by atoms with Crippen molar-refractivity contribution >= 4 is 34.2 Å². The molecule has 6 heteroatoms. The summed E-state index contributed by atoms with van der Waals surface area (Å²) in [5, 5.41) is 2.84. The molecule has 0 heterocycles. The van der Waals surface area contributed by atoms with Gasteiger partial charge in [-0.15, -0.1) is 0 Å². The van der Waals surface area contributed by atoms with E-state index in [-0.39, 0.29) is 5.91 Å². The molecular formula is C16H16INO4. The number of nitrogens with one attached hydrogen (secondary N) is 1. The van der Waals surface area contributed by atoms with Gasteiger partial charge in [-0.3, -0.25) is 4.79 Å². The molecule has 2 rings (SSSR count). The highest BCUT2D eigenvalue weighted by atomic mass is 127. The van der Waals surface area contributed by atoms with E-state index >= 15 is 0 Å². The van der Waals surface area contributed by atoms with Crippen molar-refractivity contribution in [3.63, 3.8) is 0 Å². The van der Waals surface area contributed by atoms with Gasteiger partial charge in [-0.25, -0.2) is 0 Å². The molecule has 1 N–H and O–H groups in total. The maximum Gasteiger partial charge on any atom is 0.259 e. The second kappa shape index (κ2) is 7.35. The first-order chi connectivity index (χ1) is 10.6. The maximum absolute atomic E-state index is 12.5. The van der Waals surface area contributed by atoms with E-state index in [4.69, 9.17) is 14.2 Å². The van der Waals surface area contributed by atoms with Gasteiger partial charge in [0.15, 0.2) is 11.5 Å². The number of anilines is 1. The Morgan fingerprint density at radius 2 is 1.73 bits per heavy atom. The van der Waals surface area contributed by atoms with E-state index in [1.165, 1.54) is 21.3 Å². The number of rotatable bonds is 5. The molecule has 0 bridgehead atoms. The van der Waals surface area contributed by atoms with Crippen LogP contribution < -0.4 is 19.5 Å². The van der Waals surface area contributed by atoms with Crippen LogP contribution in [0.15, 0.2) is 36.4 Å². The molecule has 0 spiro atoms. The van der Waals surface area contributed by atoms with Crippen LogP contribution in [0.2, 0.25) is 0 Å². The third-order valence-corrected chi connectivity index (χ3v) is 3.70. The molecule has 0 aromatic heterocycles. The number of halogens is 1. The summed E-state index contributed by atoms with van der Waals surface area (Å²) < 4.78 is 16.9. The number of hydrogen-bond donors (Lipinski definition) is 1. The van der Waals surface area contributed by atoms with E-state index in [1.807, 2.05) is 24.3 Å². The van der Waals surface area contributed by atoms with Gasteiger partial charge in [-0.05, 0) is 52.9 Å². The summed E-state index contributed by atoms with van der Waals surface area (Å²) >= 11 is 2.19. The molecule has 0 radical (unpaired) electrons. The van der Waals surface area contributed by atoms with E-state index in [9.17, 15) is 4.79 Å². The Kier molecular flexibility index (Phi) is 5.48. The summed E-state index contributed by atoms with van der Waals surface area (Å²) in [5.41, 5.74) is 1.09. The Balaban J connectivity index is 2.37. The standard InChI is InChI=1S/C16H16INO4/c1-20-13-8-7-12(14(21-2)15(13)22-3)16(19)18-11-6-4-5-10(17)9-11/h4-9H,1-3H3,(H,18,19). The SMILES string of the molecule is COc1ccc(C(=O)Nc2cccc(I)c2)c(OC)c1OC. The van der Waals surface area contributed by atoms with Crippen molar-refractivity contribution in [2.24, 2.45) is 0 Å². The number of carbonyl (C=O) groups excluding carboxylic acids is 1. The summed E-state index contributed by atoms with van der Waals surface area (Å²) in [6, 6.07) is 10.9. The van der Waals surface area contributed by atoms with E-state index < -0.39 is 0 Å². The van der Waals surface area contributed by atoms with Crippen LogP contribution >= 0.6 is 22.6 Å². The van der Waals surface area contributed by atoms with Crippen molar-refractivity contribution in [2.45, 2.75) is 0 Å². The minimum absolute atomic E-state index is 0.278. The molecule has 2 aromatic rings. The monoisotopic (exact) mass is 413 g/mol. The lowest BCUT2D eigenvalue weighted by atomic mass is 10.1. The smallest absolute Gasteiger partial charge is 0.259 e. The van der Waals surface area contributed by atoms with Gasteiger partial charge in [0.05, 0.1) is 26.9 Å². The first-order valence-electron chi connectivity index (χ1n) is 6.46. The van der Waals surface area contributed by atoms with Crippen LogP contribution in [-0.2, 0) is 0 Å². The van der Waals surface area contributed by atoms with Gasteiger partial charge in [-0.2, -0.15) is 0 Å². The molecule has 22 heavy (non-hydrogen) atoms. The predicted octanol–water partition coefficient (Wildman–Crippen LogP) is 3.57. The Bertz CT molecular complexity index is 688. The summed E-state index contributed by atoms with van der Waals surface area (Å²) in [4.78, 5) is 12.5. The average Bonchev–Trinajstić information content (AvgIpc) is 2.53. The zero-order valence-corrected chi connectivity index (χ0v) is 14.6. The lowest BCUT2D eigenvalue weighted by Gasteiger charge is -2.15. The van der Waals surface area contributed by atoms with Gasteiger partial charge in [-0.1, -0.05) is 6.07 Å². The molecule has 0 aliphatic rings. The van der Waals surface area contributed by atoms with Crippen molar-refractivity contribution in [3.05, 3.63) is 45.5 Å². The van der Waals surface area contributed by atoms with Crippen molar-refractivity contribution < 1.29 is 19.0 Å². The Labute approximate surface area is 142 Å². The van der Waals surface area contributed by atoms with Crippen LogP contribution in [0.3, 0.4) is 0 Å². The second-order valence-corrected chi connectivity index (χ2v) is 5.59. The van der Waals surface area contributed by atoms with E-state index in [0.29, 0.717) is 28.5 Å². The van der Waals surface area contributed by atoms with Crippen LogP contribution in [0, 0.1) is 3.57 Å². The Morgan fingerprint density at radius 3 is 2.32 bits per heavy atom. The van der Waals surface area contributed by atoms with Gasteiger partial charge in [0.2, 0.25) is 5.75 Å². The van der Waals surface area contributed by atoms with Crippen LogP contribution in [0.4, 0.5) is 5.69 Å². The number of ether oxygens (including phenoxy) is 3. The molecule has 0 atom stereocenters. The van der Waals surface area contributed by atoms with Gasteiger partial charge in [0.25, 0.3) is 5.91 Å². The van der Waals surface area contributed by atoms with Crippen molar-refractivity contribution in [1.82, 2.24) is 0 Å². The largest absolute Gasteiger partial charge is 0.493 e. The molecule has 5 nitrogen and oxygen atoms in total. The normalized spacial score (nSPS) is 10.0. The lowest BCUT2D eigenvalue weighted by Crippen LogP contribution is -2.14. The third-order valence-electron chi connectivity index (χ3n) is 3.03. The number of amides is 1. The fourth-order valence-corrected chi connectivity index (χ4v) is 2.59. The zero-order chi connectivity index (χ0) is 16.1. The number of carbonyl (C=O) groups is 1. The Hall–Kier alpha value is -1.96. The van der Waals surface area contributed by atoms with Crippen LogP contribution in [0.1, 0.15) is 10.4 Å². The molecule has 0 aliphatic carbocycles. The van der Waals surface area contributed by atoms with Crippen LogP contribution in [0.25, 0.3) is 0 Å². The highest BCUT2D eigenvalue weighted by Gasteiger charge is 2.20. The minimum atomic E-state index is -0.278. The third kappa shape index (κ3) is 3.44. The maximum atomic E-state index is 12.5. The van der Waals surface area contributed by atoms with Crippen LogP contribution in [-0.4, -0.2) is 27.2 Å². The predicted molar refractivity (Wildman–Crippen MR) is 93.2 cm³/mol. The van der Waals surface area contributed by atoms with Crippen LogP contribution in [0.5, 0.6) is 17.2 Å². The zero-order valence-electron chi connectivity index (χ0n) is 12.5. The number of hydrogen-bond acceptors (Lipinski definition) is 4. The molecule has 1 amide bonds. The lowest BCUT2D eigenvalue weighted by molar-refractivity contribution is 0.102. The first-order valence-corrected chi connectivity index (χ1v) is 7.54. The molecule has 0 fully saturated rings. The van der Waals surface area contributed by atoms with E-state index in [1.54, 1.807) is 12.1 Å². The highest BCUT2D eigenvalue weighted by molar-refractivity contribution is 14.1. The van der Waals surface area contributed by atoms with Gasteiger partial charge in [0.1, 0.15) is 0 Å². The van der Waals surface area contributed by atoms with Crippen molar-refractivity contribution in [3.8, 4) is 17.2 Å². The molecule has 0 saturated heterocycles. The molecule has 0 aliphatic heterocycles. The summed E-state index contributed by atoms with van der Waals surface area (Å²) in [5.74, 6) is 0.954. The quantitative estimate of drug-likeness (QED) is 0.762. The van der Waals surface area contributed by atoms with Gasteiger partial charge < -0.3 is 19.5 Å². The average molecular weight is 413 g/mol. The Morgan fingerprint density at radius 1 is 1.00 bits per heavy atom. The summed E-state index contributed by atoms with van der Waals surface area (Å²) in [6.07, 6.45) is 0.